The van der Waals surface area contributed by atoms with E-state index in [1.54, 1.807) is 24.3 Å². The molecule has 1 aliphatic rings. The molecule has 1 aliphatic heterocycles. The van der Waals surface area contributed by atoms with Crippen molar-refractivity contribution in [1.82, 2.24) is 4.90 Å². The summed E-state index contributed by atoms with van der Waals surface area (Å²) in [5.41, 5.74) is -1.52. The van der Waals surface area contributed by atoms with Crippen molar-refractivity contribution in [3.63, 3.8) is 0 Å². The lowest BCUT2D eigenvalue weighted by molar-refractivity contribution is -0.150. The van der Waals surface area contributed by atoms with Gasteiger partial charge in [-0.1, -0.05) is 26.0 Å². The first-order valence-corrected chi connectivity index (χ1v) is 7.72. The van der Waals surface area contributed by atoms with Gasteiger partial charge in [0.1, 0.15) is 5.75 Å². The third-order valence-corrected chi connectivity index (χ3v) is 3.82. The van der Waals surface area contributed by atoms with Crippen LogP contribution in [-0.4, -0.2) is 47.2 Å². The highest BCUT2D eigenvalue weighted by molar-refractivity contribution is 5.83. The Hall–Kier alpha value is -2.11. The van der Waals surface area contributed by atoms with Crippen LogP contribution in [0.2, 0.25) is 0 Å². The van der Waals surface area contributed by atoms with E-state index in [4.69, 9.17) is 9.84 Å². The van der Waals surface area contributed by atoms with Crippen molar-refractivity contribution in [2.45, 2.75) is 32.4 Å². The van der Waals surface area contributed by atoms with Crippen LogP contribution in [0.15, 0.2) is 24.3 Å². The van der Waals surface area contributed by atoms with Gasteiger partial charge in [-0.15, -0.1) is 0 Å². The third kappa shape index (κ3) is 4.43. The van der Waals surface area contributed by atoms with Crippen molar-refractivity contribution >= 4 is 11.9 Å². The summed E-state index contributed by atoms with van der Waals surface area (Å²) in [6, 6.07) is 7.18. The number of hydrogen-bond donors (Lipinski definition) is 1. The Morgan fingerprint density at radius 3 is 2.52 bits per heavy atom. The van der Waals surface area contributed by atoms with Gasteiger partial charge in [0.05, 0.1) is 19.6 Å². The molecule has 6 heteroatoms. The van der Waals surface area contributed by atoms with Crippen LogP contribution in [0, 0.1) is 5.92 Å². The van der Waals surface area contributed by atoms with Gasteiger partial charge < -0.3 is 14.7 Å². The zero-order valence-electron chi connectivity index (χ0n) is 13.4. The summed E-state index contributed by atoms with van der Waals surface area (Å²) in [5.74, 6) is -0.590. The number of ether oxygens (including phenoxy) is 1. The normalized spacial score (nSPS) is 20.8. The molecule has 1 unspecified atom stereocenters. The van der Waals surface area contributed by atoms with Gasteiger partial charge in [-0.3, -0.25) is 4.79 Å². The molecular weight excluding hydrogens is 301 g/mol. The molecule has 0 bridgehead atoms. The molecule has 1 atom stereocenters. The van der Waals surface area contributed by atoms with Crippen LogP contribution in [0.1, 0.15) is 25.8 Å². The van der Waals surface area contributed by atoms with Crippen LogP contribution in [0.25, 0.3) is 0 Å². The molecule has 0 spiro atoms. The van der Waals surface area contributed by atoms with Crippen molar-refractivity contribution < 1.29 is 23.8 Å². The number of rotatable bonds is 6. The second-order valence-electron chi connectivity index (χ2n) is 6.36. The second kappa shape index (κ2) is 6.98. The first-order chi connectivity index (χ1) is 10.8. The van der Waals surface area contributed by atoms with E-state index in [2.05, 4.69) is 13.8 Å². The number of benzene rings is 1. The first-order valence-electron chi connectivity index (χ1n) is 7.72. The van der Waals surface area contributed by atoms with Gasteiger partial charge in [0.2, 0.25) is 11.6 Å². The van der Waals surface area contributed by atoms with E-state index in [0.29, 0.717) is 12.5 Å². The number of carboxylic acids is 1. The topological polar surface area (TPSA) is 66.8 Å². The minimum Gasteiger partial charge on any atom is -0.493 e. The molecule has 0 aromatic heterocycles. The lowest BCUT2D eigenvalue weighted by Gasteiger charge is -2.18. The molecule has 0 radical (unpaired) electrons. The van der Waals surface area contributed by atoms with E-state index in [0.717, 1.165) is 11.3 Å². The Bertz CT molecular complexity index is 572. The average Bonchev–Trinajstić information content (AvgIpc) is 2.90. The molecule has 0 saturated carbocycles. The van der Waals surface area contributed by atoms with Crippen LogP contribution < -0.4 is 4.74 Å². The van der Waals surface area contributed by atoms with Gasteiger partial charge in [-0.05, 0) is 23.6 Å². The maximum Gasteiger partial charge on any atom is 0.343 e. The Kier molecular flexibility index (Phi) is 5.23. The number of carbonyl (C=O) groups is 2. The van der Waals surface area contributed by atoms with Crippen molar-refractivity contribution in [2.24, 2.45) is 5.92 Å². The largest absolute Gasteiger partial charge is 0.493 e. The molecule has 2 rings (SSSR count). The molecule has 0 aliphatic carbocycles. The summed E-state index contributed by atoms with van der Waals surface area (Å²) in [4.78, 5) is 24.3. The first kappa shape index (κ1) is 17.2. The quantitative estimate of drug-likeness (QED) is 0.872. The highest BCUT2D eigenvalue weighted by Gasteiger charge is 2.46. The number of likely N-dealkylation sites (tertiary alicyclic amines) is 1. The molecule has 1 N–H and O–H groups in total. The van der Waals surface area contributed by atoms with Gasteiger partial charge in [0, 0.05) is 13.0 Å². The molecule has 1 fully saturated rings. The van der Waals surface area contributed by atoms with Crippen molar-refractivity contribution in [3.8, 4) is 5.75 Å². The molecule has 23 heavy (non-hydrogen) atoms. The lowest BCUT2D eigenvalue weighted by atomic mass is 10.1. The van der Waals surface area contributed by atoms with E-state index in [1.165, 1.54) is 4.90 Å². The Labute approximate surface area is 135 Å². The van der Waals surface area contributed by atoms with Gasteiger partial charge in [-0.2, -0.15) is 0 Å². The summed E-state index contributed by atoms with van der Waals surface area (Å²) < 4.78 is 19.5. The van der Waals surface area contributed by atoms with Crippen LogP contribution in [-0.2, 0) is 16.0 Å². The highest BCUT2D eigenvalue weighted by atomic mass is 19.1. The number of carbonyl (C=O) groups excluding carboxylic acids is 1. The predicted octanol–water partition coefficient (Wildman–Crippen LogP) is 2.29. The van der Waals surface area contributed by atoms with Crippen LogP contribution in [0.4, 0.5) is 4.39 Å². The SMILES string of the molecule is CC(C)COc1ccc(CC(=O)N2CCC(F)(C(=O)O)C2)cc1. The minimum atomic E-state index is -2.32. The smallest absolute Gasteiger partial charge is 0.343 e. The number of halogens is 1. The van der Waals surface area contributed by atoms with Crippen LogP contribution in [0.3, 0.4) is 0 Å². The summed E-state index contributed by atoms with van der Waals surface area (Å²) >= 11 is 0. The fraction of sp³-hybridized carbons (Fsp3) is 0.529. The maximum absolute atomic E-state index is 14.0. The number of hydrogen-bond acceptors (Lipinski definition) is 3. The molecular formula is C17H22FNO4. The fourth-order valence-corrected chi connectivity index (χ4v) is 2.41. The summed E-state index contributed by atoms with van der Waals surface area (Å²) in [6.45, 7) is 4.50. The Balaban J connectivity index is 1.90. The van der Waals surface area contributed by atoms with Gasteiger partial charge >= 0.3 is 5.97 Å². The van der Waals surface area contributed by atoms with Gasteiger partial charge in [-0.25, -0.2) is 9.18 Å². The average molecular weight is 323 g/mol. The number of alkyl halides is 1. The summed E-state index contributed by atoms with van der Waals surface area (Å²) in [7, 11) is 0. The van der Waals surface area contributed by atoms with E-state index >= 15 is 0 Å². The van der Waals surface area contributed by atoms with Crippen molar-refractivity contribution in [1.29, 1.82) is 0 Å². The molecule has 1 heterocycles. The molecule has 1 aromatic carbocycles. The molecule has 5 nitrogen and oxygen atoms in total. The Morgan fingerprint density at radius 2 is 2.00 bits per heavy atom. The zero-order chi connectivity index (χ0) is 17.0. The van der Waals surface area contributed by atoms with Crippen molar-refractivity contribution in [3.05, 3.63) is 29.8 Å². The fourth-order valence-electron chi connectivity index (χ4n) is 2.41. The monoisotopic (exact) mass is 323 g/mol. The highest BCUT2D eigenvalue weighted by Crippen LogP contribution is 2.26. The van der Waals surface area contributed by atoms with Gasteiger partial charge in [0.15, 0.2) is 0 Å². The third-order valence-electron chi connectivity index (χ3n) is 3.82. The minimum absolute atomic E-state index is 0.125. The molecule has 1 aromatic rings. The standard InChI is InChI=1S/C17H22FNO4/c1-12(2)10-23-14-5-3-13(4-6-14)9-15(20)19-8-7-17(18,11-19)16(21)22/h3-6,12H,7-11H2,1-2H3,(H,21,22). The number of amides is 1. The van der Waals surface area contributed by atoms with E-state index in [1.807, 2.05) is 0 Å². The zero-order valence-corrected chi connectivity index (χ0v) is 13.4. The molecule has 1 amide bonds. The molecule has 1 saturated heterocycles. The van der Waals surface area contributed by atoms with Crippen LogP contribution in [0.5, 0.6) is 5.75 Å². The van der Waals surface area contributed by atoms with E-state index in [9.17, 15) is 14.0 Å². The number of nitrogens with zero attached hydrogens (tertiary/aromatic N) is 1. The Morgan fingerprint density at radius 1 is 1.35 bits per heavy atom. The molecule has 126 valence electrons. The summed E-state index contributed by atoms with van der Waals surface area (Å²) in [6.07, 6.45) is -0.0315. The predicted molar refractivity (Wildman–Crippen MR) is 83.2 cm³/mol. The lowest BCUT2D eigenvalue weighted by Crippen LogP contribution is -2.39. The summed E-state index contributed by atoms with van der Waals surface area (Å²) in [5, 5.41) is 8.85. The van der Waals surface area contributed by atoms with E-state index < -0.39 is 11.6 Å². The number of aliphatic carboxylic acids is 1. The second-order valence-corrected chi connectivity index (χ2v) is 6.36. The number of carboxylic acid groups (broad SMARTS) is 1. The van der Waals surface area contributed by atoms with Gasteiger partial charge in [0.25, 0.3) is 0 Å². The van der Waals surface area contributed by atoms with E-state index in [-0.39, 0.29) is 31.8 Å². The maximum atomic E-state index is 14.0. The van der Waals surface area contributed by atoms with Crippen molar-refractivity contribution in [2.75, 3.05) is 19.7 Å². The van der Waals surface area contributed by atoms with Crippen LogP contribution >= 0.6 is 0 Å².